The number of rotatable bonds is 3. The molecule has 0 unspecified atom stereocenters. The van der Waals surface area contributed by atoms with Crippen LogP contribution in [0.2, 0.25) is 0 Å². The maximum Gasteiger partial charge on any atom is 0.134 e. The Bertz CT molecular complexity index is 1920. The van der Waals surface area contributed by atoms with Crippen molar-refractivity contribution in [1.82, 2.24) is 9.97 Å². The molecule has 0 bridgehead atoms. The maximum atomic E-state index is 14.7. The second-order valence-electron chi connectivity index (χ2n) is 10.1. The Morgan fingerprint density at radius 2 is 1.48 bits per heavy atom. The Morgan fingerprint density at radius 3 is 2.19 bits per heavy atom. The molecule has 3 aromatic heterocycles. The summed E-state index contributed by atoms with van der Waals surface area (Å²) >= 11 is 0. The van der Waals surface area contributed by atoms with Gasteiger partial charge in [-0.25, -0.2) is 4.39 Å². The summed E-state index contributed by atoms with van der Waals surface area (Å²) in [6.07, 6.45) is 3.65. The van der Waals surface area contributed by atoms with Crippen molar-refractivity contribution in [2.75, 3.05) is 0 Å². The van der Waals surface area contributed by atoms with Gasteiger partial charge in [-0.3, -0.25) is 0 Å². The first kappa shape index (κ1) is 29.1. The molecule has 4 aromatic carbocycles. The van der Waals surface area contributed by atoms with E-state index >= 15 is 0 Å². The largest absolute Gasteiger partial charge is 0.500 e. The summed E-state index contributed by atoms with van der Waals surface area (Å²) in [5, 5.41) is 1.81. The molecule has 0 aliphatic carbocycles. The van der Waals surface area contributed by atoms with Crippen LogP contribution in [-0.2, 0) is 20.1 Å². The van der Waals surface area contributed by atoms with Gasteiger partial charge in [-0.15, -0.1) is 53.6 Å². The topological polar surface area (TPSA) is 38.9 Å². The van der Waals surface area contributed by atoms with Gasteiger partial charge < -0.3 is 14.4 Å². The standard InChI is InChI=1S/C24H15FNO.C13H12N.Ir/c1-15-12-13-26-21(14-15)19-9-5-8-17-18-10-11-20(25)22(24(18)27-23(17)19)16-6-3-2-4-7-16;1-10-3-6-12(7-4-10)13-8-5-11(2)9-14-13;/h2-8,10-14H,1H3;3-6,8-9H,1-2H3;/q2*-1;. The van der Waals surface area contributed by atoms with Crippen molar-refractivity contribution in [3.63, 3.8) is 0 Å². The van der Waals surface area contributed by atoms with Crippen LogP contribution in [-0.4, -0.2) is 9.97 Å². The normalized spacial score (nSPS) is 10.7. The quantitative estimate of drug-likeness (QED) is 0.170. The Hall–Kier alpha value is -4.44. The molecule has 0 aliphatic rings. The van der Waals surface area contributed by atoms with E-state index in [1.54, 1.807) is 12.3 Å². The predicted molar refractivity (Wildman–Crippen MR) is 164 cm³/mol. The van der Waals surface area contributed by atoms with Crippen LogP contribution in [0.25, 0.3) is 55.6 Å². The molecule has 0 fully saturated rings. The molecule has 3 nitrogen and oxygen atoms in total. The minimum Gasteiger partial charge on any atom is -0.500 e. The molecule has 0 N–H and O–H groups in total. The van der Waals surface area contributed by atoms with Gasteiger partial charge in [0.15, 0.2) is 0 Å². The number of aryl methyl sites for hydroxylation is 3. The van der Waals surface area contributed by atoms with Crippen LogP contribution in [0.3, 0.4) is 0 Å². The zero-order chi connectivity index (χ0) is 28.3. The Labute approximate surface area is 258 Å². The van der Waals surface area contributed by atoms with Crippen LogP contribution >= 0.6 is 0 Å². The van der Waals surface area contributed by atoms with E-state index in [1.165, 1.54) is 17.2 Å². The van der Waals surface area contributed by atoms with Crippen molar-refractivity contribution in [3.05, 3.63) is 144 Å². The first-order valence-electron chi connectivity index (χ1n) is 13.4. The molecule has 5 heteroatoms. The molecule has 1 radical (unpaired) electrons. The zero-order valence-corrected chi connectivity index (χ0v) is 25.8. The van der Waals surface area contributed by atoms with E-state index in [2.05, 4.69) is 41.2 Å². The first-order valence-corrected chi connectivity index (χ1v) is 13.4. The van der Waals surface area contributed by atoms with E-state index < -0.39 is 0 Å². The third kappa shape index (κ3) is 5.94. The summed E-state index contributed by atoms with van der Waals surface area (Å²) in [6.45, 7) is 6.12. The van der Waals surface area contributed by atoms with Crippen molar-refractivity contribution < 1.29 is 28.9 Å². The molecular weight excluding hydrogens is 700 g/mol. The maximum absolute atomic E-state index is 14.7. The molecule has 0 spiro atoms. The molecule has 0 saturated heterocycles. The van der Waals surface area contributed by atoms with Gasteiger partial charge in [0.25, 0.3) is 0 Å². The summed E-state index contributed by atoms with van der Waals surface area (Å²) in [6, 6.07) is 37.2. The number of pyridine rings is 2. The van der Waals surface area contributed by atoms with Crippen LogP contribution < -0.4 is 0 Å². The van der Waals surface area contributed by atoms with Gasteiger partial charge in [-0.1, -0.05) is 72.0 Å². The van der Waals surface area contributed by atoms with Gasteiger partial charge in [-0.05, 0) is 54.6 Å². The van der Waals surface area contributed by atoms with E-state index in [0.29, 0.717) is 16.7 Å². The van der Waals surface area contributed by atoms with Crippen LogP contribution in [0.15, 0.2) is 114 Å². The predicted octanol–water partition coefficient (Wildman–Crippen LogP) is 9.73. The number of aromatic nitrogens is 2. The number of hydrogen-bond acceptors (Lipinski definition) is 3. The molecule has 0 saturated carbocycles. The molecule has 0 amide bonds. The van der Waals surface area contributed by atoms with Gasteiger partial charge >= 0.3 is 0 Å². The van der Waals surface area contributed by atoms with Crippen molar-refractivity contribution in [1.29, 1.82) is 0 Å². The molecule has 42 heavy (non-hydrogen) atoms. The Balaban J connectivity index is 0.000000200. The average Bonchev–Trinajstić information content (AvgIpc) is 3.37. The number of benzene rings is 4. The molecule has 7 aromatic rings. The SMILES string of the molecule is Cc1c[c-]c(-c2ccc(C)cn2)cc1.Cc1ccnc(-c2[c-]ccc3c2oc2c(-c4ccccc4)c(F)ccc23)c1.[Ir]. The first-order chi connectivity index (χ1) is 20.0. The van der Waals surface area contributed by atoms with Crippen LogP contribution in [0.1, 0.15) is 16.7 Å². The van der Waals surface area contributed by atoms with Gasteiger partial charge in [0.1, 0.15) is 11.4 Å². The Kier molecular flexibility index (Phi) is 8.72. The summed E-state index contributed by atoms with van der Waals surface area (Å²) in [5.41, 5.74) is 9.61. The van der Waals surface area contributed by atoms with Crippen molar-refractivity contribution in [2.24, 2.45) is 0 Å². The van der Waals surface area contributed by atoms with Crippen molar-refractivity contribution in [3.8, 4) is 33.6 Å². The fourth-order valence-corrected chi connectivity index (χ4v) is 4.81. The van der Waals surface area contributed by atoms with Gasteiger partial charge in [0, 0.05) is 37.9 Å². The smallest absolute Gasteiger partial charge is 0.134 e. The second-order valence-corrected chi connectivity index (χ2v) is 10.1. The summed E-state index contributed by atoms with van der Waals surface area (Å²) < 4.78 is 21.0. The number of furan rings is 1. The van der Waals surface area contributed by atoms with Crippen molar-refractivity contribution in [2.45, 2.75) is 20.8 Å². The van der Waals surface area contributed by atoms with E-state index in [4.69, 9.17) is 4.42 Å². The Morgan fingerprint density at radius 1 is 0.690 bits per heavy atom. The molecular formula is C37H27FIrN2O-2. The summed E-state index contributed by atoms with van der Waals surface area (Å²) in [4.78, 5) is 8.81. The third-order valence-electron chi connectivity index (χ3n) is 6.94. The number of hydrogen-bond donors (Lipinski definition) is 0. The summed E-state index contributed by atoms with van der Waals surface area (Å²) in [7, 11) is 0. The molecule has 7 rings (SSSR count). The van der Waals surface area contributed by atoms with E-state index in [-0.39, 0.29) is 25.9 Å². The minimum atomic E-state index is -0.299. The van der Waals surface area contributed by atoms with Gasteiger partial charge in [0.2, 0.25) is 0 Å². The zero-order valence-electron chi connectivity index (χ0n) is 23.4. The summed E-state index contributed by atoms with van der Waals surface area (Å²) in [5.74, 6) is -0.299. The van der Waals surface area contributed by atoms with Gasteiger partial charge in [0.05, 0.1) is 11.1 Å². The van der Waals surface area contributed by atoms with Crippen molar-refractivity contribution >= 4 is 21.9 Å². The minimum absolute atomic E-state index is 0. The number of fused-ring (bicyclic) bond motifs is 3. The van der Waals surface area contributed by atoms with E-state index in [0.717, 1.165) is 44.4 Å². The second kappa shape index (κ2) is 12.6. The van der Waals surface area contributed by atoms with E-state index in [1.807, 2.05) is 92.8 Å². The number of halogens is 1. The van der Waals surface area contributed by atoms with Crippen LogP contribution in [0.5, 0.6) is 0 Å². The molecule has 209 valence electrons. The van der Waals surface area contributed by atoms with E-state index in [9.17, 15) is 4.39 Å². The fraction of sp³-hybridized carbons (Fsp3) is 0.0811. The molecule has 0 aliphatic heterocycles. The molecule has 0 atom stereocenters. The van der Waals surface area contributed by atoms with Crippen LogP contribution in [0, 0.1) is 38.7 Å². The molecule has 3 heterocycles. The average molecular weight is 727 g/mol. The van der Waals surface area contributed by atoms with Crippen LogP contribution in [0.4, 0.5) is 4.39 Å². The fourth-order valence-electron chi connectivity index (χ4n) is 4.81. The number of nitrogens with zero attached hydrogens (tertiary/aromatic N) is 2. The van der Waals surface area contributed by atoms with Gasteiger partial charge in [-0.2, -0.15) is 0 Å². The monoisotopic (exact) mass is 727 g/mol. The third-order valence-corrected chi connectivity index (χ3v) is 6.94.